The van der Waals surface area contributed by atoms with Crippen molar-refractivity contribution in [1.82, 2.24) is 15.1 Å². The molecule has 0 aliphatic heterocycles. The average Bonchev–Trinajstić information content (AvgIpc) is 2.84. The van der Waals surface area contributed by atoms with Gasteiger partial charge in [0.25, 0.3) is 5.91 Å². The first-order chi connectivity index (χ1) is 7.63. The van der Waals surface area contributed by atoms with Crippen molar-refractivity contribution < 1.29 is 4.79 Å². The second kappa shape index (κ2) is 4.15. The average molecular weight is 222 g/mol. The molecule has 0 aromatic carbocycles. The molecule has 1 heterocycles. The SMILES string of the molecule is CCCC1CC1NC(=O)c1c(N)cnn1C. The summed E-state index contributed by atoms with van der Waals surface area (Å²) in [7, 11) is 1.72. The standard InChI is InChI=1S/C11H18N4O/c1-3-4-7-5-9(7)14-11(16)10-8(12)6-13-15(10)2/h6-7,9H,3-5,12H2,1-2H3,(H,14,16). The molecule has 2 rings (SSSR count). The van der Waals surface area contributed by atoms with E-state index in [0.29, 0.717) is 23.3 Å². The Morgan fingerprint density at radius 3 is 3.06 bits per heavy atom. The largest absolute Gasteiger partial charge is 0.396 e. The second-order valence-corrected chi connectivity index (χ2v) is 4.44. The summed E-state index contributed by atoms with van der Waals surface area (Å²) in [6.07, 6.45) is 4.96. The summed E-state index contributed by atoms with van der Waals surface area (Å²) in [5.74, 6) is 0.546. The Morgan fingerprint density at radius 2 is 2.50 bits per heavy atom. The number of rotatable bonds is 4. The van der Waals surface area contributed by atoms with Gasteiger partial charge in [0, 0.05) is 13.1 Å². The predicted octanol–water partition coefficient (Wildman–Crippen LogP) is 0.921. The Bertz CT molecular complexity index is 379. The molecule has 1 aromatic heterocycles. The zero-order valence-electron chi connectivity index (χ0n) is 9.73. The topological polar surface area (TPSA) is 72.9 Å². The van der Waals surface area contributed by atoms with Crippen LogP contribution < -0.4 is 11.1 Å². The third-order valence-electron chi connectivity index (χ3n) is 3.08. The molecular weight excluding hydrogens is 204 g/mol. The Balaban J connectivity index is 1.95. The van der Waals surface area contributed by atoms with E-state index in [1.54, 1.807) is 7.05 Å². The highest BCUT2D eigenvalue weighted by molar-refractivity contribution is 5.97. The lowest BCUT2D eigenvalue weighted by atomic mass is 10.2. The molecule has 5 heteroatoms. The van der Waals surface area contributed by atoms with E-state index in [1.165, 1.54) is 23.7 Å². The van der Waals surface area contributed by atoms with Crippen LogP contribution in [0, 0.1) is 5.92 Å². The van der Waals surface area contributed by atoms with Crippen LogP contribution in [0.1, 0.15) is 36.7 Å². The molecule has 1 aromatic rings. The van der Waals surface area contributed by atoms with E-state index < -0.39 is 0 Å². The van der Waals surface area contributed by atoms with Gasteiger partial charge in [-0.15, -0.1) is 0 Å². The summed E-state index contributed by atoms with van der Waals surface area (Å²) in [4.78, 5) is 11.9. The Hall–Kier alpha value is -1.52. The molecule has 1 saturated carbocycles. The first-order valence-corrected chi connectivity index (χ1v) is 5.71. The number of nitrogens with one attached hydrogen (secondary N) is 1. The summed E-state index contributed by atoms with van der Waals surface area (Å²) in [5.41, 5.74) is 6.59. The minimum absolute atomic E-state index is 0.110. The highest BCUT2D eigenvalue weighted by Crippen LogP contribution is 2.34. The highest BCUT2D eigenvalue weighted by atomic mass is 16.2. The lowest BCUT2D eigenvalue weighted by Crippen LogP contribution is -2.29. The van der Waals surface area contributed by atoms with E-state index in [4.69, 9.17) is 5.73 Å². The number of carbonyl (C=O) groups excluding carboxylic acids is 1. The maximum absolute atomic E-state index is 11.9. The van der Waals surface area contributed by atoms with Gasteiger partial charge in [-0.05, 0) is 18.8 Å². The van der Waals surface area contributed by atoms with Crippen molar-refractivity contribution >= 4 is 11.6 Å². The molecule has 0 radical (unpaired) electrons. The molecule has 3 N–H and O–H groups in total. The molecule has 2 atom stereocenters. The molecule has 2 unspecified atom stereocenters. The first-order valence-electron chi connectivity index (χ1n) is 5.71. The van der Waals surface area contributed by atoms with Gasteiger partial charge in [-0.1, -0.05) is 13.3 Å². The van der Waals surface area contributed by atoms with Crippen LogP contribution in [-0.2, 0) is 7.05 Å². The Kier molecular flexibility index (Phi) is 2.85. The summed E-state index contributed by atoms with van der Waals surface area (Å²) >= 11 is 0. The van der Waals surface area contributed by atoms with Gasteiger partial charge in [-0.3, -0.25) is 9.48 Å². The molecule has 5 nitrogen and oxygen atoms in total. The van der Waals surface area contributed by atoms with Crippen molar-refractivity contribution in [2.24, 2.45) is 13.0 Å². The molecule has 1 amide bonds. The lowest BCUT2D eigenvalue weighted by Gasteiger charge is -2.05. The van der Waals surface area contributed by atoms with Gasteiger partial charge in [0.1, 0.15) is 5.69 Å². The Labute approximate surface area is 95.0 Å². The van der Waals surface area contributed by atoms with Gasteiger partial charge < -0.3 is 11.1 Å². The number of nitrogens with two attached hydrogens (primary N) is 1. The minimum Gasteiger partial charge on any atom is -0.396 e. The van der Waals surface area contributed by atoms with Crippen LogP contribution in [0.25, 0.3) is 0 Å². The molecule has 0 spiro atoms. The third kappa shape index (κ3) is 2.03. The monoisotopic (exact) mass is 222 g/mol. The summed E-state index contributed by atoms with van der Waals surface area (Å²) in [5, 5.41) is 6.94. The summed E-state index contributed by atoms with van der Waals surface area (Å²) in [6.45, 7) is 2.16. The molecule has 16 heavy (non-hydrogen) atoms. The first kappa shape index (κ1) is 11.0. The van der Waals surface area contributed by atoms with E-state index in [9.17, 15) is 4.79 Å². The number of hydrogen-bond acceptors (Lipinski definition) is 3. The molecule has 0 saturated heterocycles. The fourth-order valence-corrected chi connectivity index (χ4v) is 2.08. The molecule has 1 aliphatic carbocycles. The summed E-state index contributed by atoms with van der Waals surface area (Å²) < 4.78 is 1.52. The van der Waals surface area contributed by atoms with E-state index in [2.05, 4.69) is 17.3 Å². The molecule has 1 aliphatic rings. The normalized spacial score (nSPS) is 23.1. The quantitative estimate of drug-likeness (QED) is 0.795. The minimum atomic E-state index is -0.110. The van der Waals surface area contributed by atoms with Gasteiger partial charge in [0.15, 0.2) is 0 Å². The molecule has 0 bridgehead atoms. The predicted molar refractivity (Wildman–Crippen MR) is 61.9 cm³/mol. The zero-order chi connectivity index (χ0) is 11.7. The van der Waals surface area contributed by atoms with Crippen LogP contribution in [-0.4, -0.2) is 21.7 Å². The van der Waals surface area contributed by atoms with Crippen LogP contribution in [0.5, 0.6) is 0 Å². The smallest absolute Gasteiger partial charge is 0.271 e. The van der Waals surface area contributed by atoms with Crippen LogP contribution in [0.4, 0.5) is 5.69 Å². The van der Waals surface area contributed by atoms with Gasteiger partial charge >= 0.3 is 0 Å². The number of aromatic nitrogens is 2. The van der Waals surface area contributed by atoms with Crippen LogP contribution in [0.15, 0.2) is 6.20 Å². The fourth-order valence-electron chi connectivity index (χ4n) is 2.08. The van der Waals surface area contributed by atoms with E-state index in [1.807, 2.05) is 0 Å². The Morgan fingerprint density at radius 1 is 1.75 bits per heavy atom. The number of anilines is 1. The zero-order valence-corrected chi connectivity index (χ0v) is 9.73. The molecular formula is C11H18N4O. The summed E-state index contributed by atoms with van der Waals surface area (Å²) in [6, 6.07) is 0.335. The lowest BCUT2D eigenvalue weighted by molar-refractivity contribution is 0.0940. The van der Waals surface area contributed by atoms with Crippen molar-refractivity contribution in [2.45, 2.75) is 32.2 Å². The van der Waals surface area contributed by atoms with Crippen LogP contribution in [0.2, 0.25) is 0 Å². The van der Waals surface area contributed by atoms with E-state index >= 15 is 0 Å². The molecule has 1 fully saturated rings. The second-order valence-electron chi connectivity index (χ2n) is 4.44. The third-order valence-corrected chi connectivity index (χ3v) is 3.08. The van der Waals surface area contributed by atoms with Gasteiger partial charge in [-0.2, -0.15) is 5.10 Å². The fraction of sp³-hybridized carbons (Fsp3) is 0.636. The maximum atomic E-state index is 11.9. The van der Waals surface area contributed by atoms with E-state index in [0.717, 1.165) is 6.42 Å². The number of nitrogen functional groups attached to an aromatic ring is 1. The maximum Gasteiger partial charge on any atom is 0.271 e. The van der Waals surface area contributed by atoms with Gasteiger partial charge in [0.05, 0.1) is 11.9 Å². The van der Waals surface area contributed by atoms with Crippen molar-refractivity contribution in [3.8, 4) is 0 Å². The number of amides is 1. The van der Waals surface area contributed by atoms with Gasteiger partial charge in [0.2, 0.25) is 0 Å². The van der Waals surface area contributed by atoms with Crippen molar-refractivity contribution in [3.63, 3.8) is 0 Å². The van der Waals surface area contributed by atoms with Crippen LogP contribution in [0.3, 0.4) is 0 Å². The van der Waals surface area contributed by atoms with Crippen molar-refractivity contribution in [1.29, 1.82) is 0 Å². The highest BCUT2D eigenvalue weighted by Gasteiger charge is 2.37. The van der Waals surface area contributed by atoms with Crippen molar-refractivity contribution in [3.05, 3.63) is 11.9 Å². The van der Waals surface area contributed by atoms with Crippen molar-refractivity contribution in [2.75, 3.05) is 5.73 Å². The number of carbonyl (C=O) groups is 1. The van der Waals surface area contributed by atoms with Crippen LogP contribution >= 0.6 is 0 Å². The van der Waals surface area contributed by atoms with Gasteiger partial charge in [-0.25, -0.2) is 0 Å². The number of aryl methyl sites for hydroxylation is 1. The molecule has 88 valence electrons. The van der Waals surface area contributed by atoms with E-state index in [-0.39, 0.29) is 5.91 Å². The number of nitrogens with zero attached hydrogens (tertiary/aromatic N) is 2. The number of hydrogen-bond donors (Lipinski definition) is 2.